The minimum atomic E-state index is 0.00601. The molecule has 0 aliphatic carbocycles. The maximum absolute atomic E-state index is 12.2. The van der Waals surface area contributed by atoms with Crippen LogP contribution in [0.3, 0.4) is 0 Å². The molecule has 0 saturated heterocycles. The van der Waals surface area contributed by atoms with Gasteiger partial charge in [-0.05, 0) is 24.6 Å². The van der Waals surface area contributed by atoms with E-state index in [4.69, 9.17) is 15.7 Å². The van der Waals surface area contributed by atoms with Gasteiger partial charge in [0.15, 0.2) is 0 Å². The number of ether oxygens (including phenoxy) is 1. The molecule has 0 heterocycles. The molecule has 0 saturated carbocycles. The molecule has 1 amide bonds. The zero-order chi connectivity index (χ0) is 15.0. The first-order valence-electron chi connectivity index (χ1n) is 6.47. The SMILES string of the molecule is CCN(CCC(N)=NO)C(=O)Cc1cccc(OC)c1. The van der Waals surface area contributed by atoms with Crippen molar-refractivity contribution in [2.45, 2.75) is 19.8 Å². The molecule has 0 radical (unpaired) electrons. The average molecular weight is 279 g/mol. The van der Waals surface area contributed by atoms with Gasteiger partial charge in [-0.3, -0.25) is 4.79 Å². The Kier molecular flexibility index (Phi) is 6.36. The van der Waals surface area contributed by atoms with Crippen molar-refractivity contribution in [2.75, 3.05) is 20.2 Å². The van der Waals surface area contributed by atoms with E-state index in [-0.39, 0.29) is 11.7 Å². The zero-order valence-electron chi connectivity index (χ0n) is 11.9. The fraction of sp³-hybridized carbons (Fsp3) is 0.429. The van der Waals surface area contributed by atoms with Crippen LogP contribution in [0.1, 0.15) is 18.9 Å². The summed E-state index contributed by atoms with van der Waals surface area (Å²) in [5.74, 6) is 0.860. The summed E-state index contributed by atoms with van der Waals surface area (Å²) >= 11 is 0. The highest BCUT2D eigenvalue weighted by Gasteiger charge is 2.13. The van der Waals surface area contributed by atoms with Crippen molar-refractivity contribution >= 4 is 11.7 Å². The summed E-state index contributed by atoms with van der Waals surface area (Å²) in [5, 5.41) is 11.4. The molecule has 3 N–H and O–H groups in total. The van der Waals surface area contributed by atoms with Crippen molar-refractivity contribution < 1.29 is 14.7 Å². The number of benzene rings is 1. The van der Waals surface area contributed by atoms with Crippen LogP contribution in [0.4, 0.5) is 0 Å². The maximum Gasteiger partial charge on any atom is 0.226 e. The second kappa shape index (κ2) is 8.04. The summed E-state index contributed by atoms with van der Waals surface area (Å²) in [6.45, 7) is 2.92. The van der Waals surface area contributed by atoms with Gasteiger partial charge in [-0.25, -0.2) is 0 Å². The Morgan fingerprint density at radius 2 is 2.25 bits per heavy atom. The van der Waals surface area contributed by atoms with Crippen LogP contribution >= 0.6 is 0 Å². The van der Waals surface area contributed by atoms with Gasteiger partial charge in [0, 0.05) is 19.5 Å². The van der Waals surface area contributed by atoms with E-state index < -0.39 is 0 Å². The zero-order valence-corrected chi connectivity index (χ0v) is 11.9. The van der Waals surface area contributed by atoms with Crippen LogP contribution in [0.2, 0.25) is 0 Å². The molecule has 1 aromatic carbocycles. The maximum atomic E-state index is 12.2. The van der Waals surface area contributed by atoms with E-state index in [0.717, 1.165) is 11.3 Å². The van der Waals surface area contributed by atoms with Gasteiger partial charge >= 0.3 is 0 Å². The van der Waals surface area contributed by atoms with Crippen LogP contribution in [-0.2, 0) is 11.2 Å². The topological polar surface area (TPSA) is 88.1 Å². The number of likely N-dealkylation sites (N-methyl/N-ethyl adjacent to an activating group) is 1. The van der Waals surface area contributed by atoms with E-state index in [0.29, 0.717) is 25.9 Å². The molecule has 110 valence electrons. The summed E-state index contributed by atoms with van der Waals surface area (Å²) in [6, 6.07) is 7.42. The van der Waals surface area contributed by atoms with E-state index in [1.54, 1.807) is 12.0 Å². The number of carbonyl (C=O) groups is 1. The lowest BCUT2D eigenvalue weighted by atomic mass is 10.1. The largest absolute Gasteiger partial charge is 0.497 e. The molecular formula is C14H21N3O3. The van der Waals surface area contributed by atoms with Crippen molar-refractivity contribution in [3.05, 3.63) is 29.8 Å². The first-order chi connectivity index (χ1) is 9.60. The predicted octanol–water partition coefficient (Wildman–Crippen LogP) is 1.22. The molecule has 0 aliphatic heterocycles. The van der Waals surface area contributed by atoms with Crippen LogP contribution < -0.4 is 10.5 Å². The molecule has 6 heteroatoms. The number of oxime groups is 1. The number of methoxy groups -OCH3 is 1. The molecule has 0 unspecified atom stereocenters. The van der Waals surface area contributed by atoms with Crippen LogP contribution in [0.5, 0.6) is 5.75 Å². The van der Waals surface area contributed by atoms with Crippen LogP contribution in [0.15, 0.2) is 29.4 Å². The summed E-state index contributed by atoms with van der Waals surface area (Å²) in [4.78, 5) is 13.9. The quantitative estimate of drug-likeness (QED) is 0.340. The van der Waals surface area contributed by atoms with Gasteiger partial charge in [0.05, 0.1) is 13.5 Å². The number of nitrogens with zero attached hydrogens (tertiary/aromatic N) is 2. The van der Waals surface area contributed by atoms with Gasteiger partial charge in [0.2, 0.25) is 5.91 Å². The minimum absolute atomic E-state index is 0.00601. The summed E-state index contributed by atoms with van der Waals surface area (Å²) in [7, 11) is 1.59. The third-order valence-corrected chi connectivity index (χ3v) is 2.99. The van der Waals surface area contributed by atoms with Crippen molar-refractivity contribution in [1.29, 1.82) is 0 Å². The molecule has 0 aromatic heterocycles. The Balaban J connectivity index is 2.62. The van der Waals surface area contributed by atoms with E-state index >= 15 is 0 Å². The Morgan fingerprint density at radius 3 is 2.85 bits per heavy atom. The number of nitrogens with two attached hydrogens (primary N) is 1. The van der Waals surface area contributed by atoms with E-state index in [1.807, 2.05) is 31.2 Å². The predicted molar refractivity (Wildman–Crippen MR) is 77.0 cm³/mol. The minimum Gasteiger partial charge on any atom is -0.497 e. The van der Waals surface area contributed by atoms with Gasteiger partial charge in [0.25, 0.3) is 0 Å². The normalized spacial score (nSPS) is 11.2. The highest BCUT2D eigenvalue weighted by atomic mass is 16.5. The van der Waals surface area contributed by atoms with Crippen molar-refractivity contribution in [3.63, 3.8) is 0 Å². The van der Waals surface area contributed by atoms with E-state index in [2.05, 4.69) is 5.16 Å². The Morgan fingerprint density at radius 1 is 1.50 bits per heavy atom. The van der Waals surface area contributed by atoms with Crippen LogP contribution in [0, 0.1) is 0 Å². The fourth-order valence-electron chi connectivity index (χ4n) is 1.83. The number of amidine groups is 1. The molecule has 0 aliphatic rings. The summed E-state index contributed by atoms with van der Waals surface area (Å²) in [5.41, 5.74) is 6.31. The fourth-order valence-corrected chi connectivity index (χ4v) is 1.83. The first-order valence-corrected chi connectivity index (χ1v) is 6.47. The van der Waals surface area contributed by atoms with Crippen LogP contribution in [0.25, 0.3) is 0 Å². The molecule has 0 atom stereocenters. The Hall–Kier alpha value is -2.24. The van der Waals surface area contributed by atoms with Gasteiger partial charge in [-0.1, -0.05) is 17.3 Å². The van der Waals surface area contributed by atoms with Crippen molar-refractivity contribution in [1.82, 2.24) is 4.90 Å². The van der Waals surface area contributed by atoms with Crippen molar-refractivity contribution in [3.8, 4) is 5.75 Å². The lowest BCUT2D eigenvalue weighted by Crippen LogP contribution is -2.35. The van der Waals surface area contributed by atoms with Gasteiger partial charge in [-0.2, -0.15) is 0 Å². The molecule has 0 bridgehead atoms. The second-order valence-corrected chi connectivity index (χ2v) is 4.34. The number of amides is 1. The Labute approximate surface area is 118 Å². The first kappa shape index (κ1) is 15.8. The van der Waals surface area contributed by atoms with Crippen molar-refractivity contribution in [2.24, 2.45) is 10.9 Å². The number of rotatable bonds is 7. The molecule has 6 nitrogen and oxygen atoms in total. The average Bonchev–Trinajstić information content (AvgIpc) is 2.47. The third-order valence-electron chi connectivity index (χ3n) is 2.99. The molecule has 1 aromatic rings. The van der Waals surface area contributed by atoms with E-state index in [1.165, 1.54) is 0 Å². The lowest BCUT2D eigenvalue weighted by Gasteiger charge is -2.20. The van der Waals surface area contributed by atoms with Gasteiger partial charge in [-0.15, -0.1) is 0 Å². The third kappa shape index (κ3) is 4.79. The smallest absolute Gasteiger partial charge is 0.226 e. The number of hydrogen-bond acceptors (Lipinski definition) is 4. The van der Waals surface area contributed by atoms with Gasteiger partial charge in [0.1, 0.15) is 11.6 Å². The second-order valence-electron chi connectivity index (χ2n) is 4.34. The summed E-state index contributed by atoms with van der Waals surface area (Å²) in [6.07, 6.45) is 0.662. The van der Waals surface area contributed by atoms with Gasteiger partial charge < -0.3 is 20.6 Å². The molecule has 0 spiro atoms. The molecule has 1 rings (SSSR count). The highest BCUT2D eigenvalue weighted by molar-refractivity contribution is 5.82. The monoisotopic (exact) mass is 279 g/mol. The van der Waals surface area contributed by atoms with Crippen LogP contribution in [-0.4, -0.2) is 42.0 Å². The summed E-state index contributed by atoms with van der Waals surface area (Å²) < 4.78 is 5.13. The molecule has 0 fully saturated rings. The number of hydrogen-bond donors (Lipinski definition) is 2. The standard InChI is InChI=1S/C14H21N3O3/c1-3-17(8-7-13(15)16-19)14(18)10-11-5-4-6-12(9-11)20-2/h4-6,9,19H,3,7-8,10H2,1-2H3,(H2,15,16). The Bertz CT molecular complexity index is 474. The molecular weight excluding hydrogens is 258 g/mol. The number of carbonyl (C=O) groups excluding carboxylic acids is 1. The molecule has 20 heavy (non-hydrogen) atoms. The van der Waals surface area contributed by atoms with E-state index in [9.17, 15) is 4.79 Å². The lowest BCUT2D eigenvalue weighted by molar-refractivity contribution is -0.130. The highest BCUT2D eigenvalue weighted by Crippen LogP contribution is 2.13.